The first-order valence-corrected chi connectivity index (χ1v) is 8.57. The zero-order valence-electron chi connectivity index (χ0n) is 13.8. The van der Waals surface area contributed by atoms with E-state index in [2.05, 4.69) is 11.0 Å². The molecule has 2 fully saturated rings. The Balaban J connectivity index is 1.36. The number of anilines is 1. The van der Waals surface area contributed by atoms with Gasteiger partial charge in [0.1, 0.15) is 13.2 Å². The molecular formula is C17H23N3O4. The van der Waals surface area contributed by atoms with Crippen molar-refractivity contribution < 1.29 is 19.0 Å². The molecule has 0 aromatic heterocycles. The number of hydrogen-bond donors (Lipinski definition) is 0. The van der Waals surface area contributed by atoms with Crippen LogP contribution in [0.5, 0.6) is 11.5 Å². The minimum atomic E-state index is 0.139. The van der Waals surface area contributed by atoms with Gasteiger partial charge in [-0.2, -0.15) is 0 Å². The summed E-state index contributed by atoms with van der Waals surface area (Å²) in [5.41, 5.74) is 1.12. The minimum absolute atomic E-state index is 0.139. The van der Waals surface area contributed by atoms with Crippen molar-refractivity contribution >= 4 is 11.7 Å². The molecule has 3 heterocycles. The number of piperazine rings is 1. The van der Waals surface area contributed by atoms with Crippen LogP contribution >= 0.6 is 0 Å². The van der Waals surface area contributed by atoms with Crippen LogP contribution in [-0.2, 0) is 4.74 Å². The molecule has 0 saturated carbocycles. The van der Waals surface area contributed by atoms with Gasteiger partial charge in [-0.1, -0.05) is 0 Å². The summed E-state index contributed by atoms with van der Waals surface area (Å²) in [6.45, 7) is 7.02. The number of amides is 2. The molecule has 7 heteroatoms. The van der Waals surface area contributed by atoms with E-state index in [0.29, 0.717) is 39.5 Å². The van der Waals surface area contributed by atoms with Crippen LogP contribution in [0.4, 0.5) is 10.5 Å². The summed E-state index contributed by atoms with van der Waals surface area (Å²) in [4.78, 5) is 18.7. The third-order valence-electron chi connectivity index (χ3n) is 4.72. The van der Waals surface area contributed by atoms with Crippen LogP contribution in [-0.4, -0.2) is 81.5 Å². The second-order valence-electron chi connectivity index (χ2n) is 6.18. The second kappa shape index (κ2) is 6.76. The third kappa shape index (κ3) is 3.08. The van der Waals surface area contributed by atoms with Crippen molar-refractivity contribution in [2.24, 2.45) is 0 Å². The number of ether oxygens (including phenoxy) is 3. The van der Waals surface area contributed by atoms with Crippen molar-refractivity contribution in [2.75, 3.05) is 70.6 Å². The van der Waals surface area contributed by atoms with Gasteiger partial charge in [0.2, 0.25) is 0 Å². The van der Waals surface area contributed by atoms with E-state index in [9.17, 15) is 4.79 Å². The van der Waals surface area contributed by atoms with Crippen LogP contribution in [0, 0.1) is 0 Å². The highest BCUT2D eigenvalue weighted by Gasteiger charge is 2.27. The maximum Gasteiger partial charge on any atom is 0.320 e. The maximum absolute atomic E-state index is 12.5. The molecule has 1 aromatic carbocycles. The molecule has 3 aliphatic rings. The van der Waals surface area contributed by atoms with Crippen molar-refractivity contribution in [3.63, 3.8) is 0 Å². The van der Waals surface area contributed by atoms with Crippen LogP contribution in [0.25, 0.3) is 0 Å². The Kier molecular flexibility index (Phi) is 4.34. The molecule has 24 heavy (non-hydrogen) atoms. The summed E-state index contributed by atoms with van der Waals surface area (Å²) in [6.07, 6.45) is 0. The molecular weight excluding hydrogens is 310 g/mol. The second-order valence-corrected chi connectivity index (χ2v) is 6.18. The fourth-order valence-electron chi connectivity index (χ4n) is 3.34. The van der Waals surface area contributed by atoms with Crippen molar-refractivity contribution in [1.29, 1.82) is 0 Å². The SMILES string of the molecule is O=C(N1CCOCC1)N1CCN(c2ccc3c(c2)OCCO3)CC1. The predicted molar refractivity (Wildman–Crippen MR) is 89.0 cm³/mol. The number of carbonyl (C=O) groups excluding carboxylic acids is 1. The molecule has 130 valence electrons. The Labute approximate surface area is 141 Å². The van der Waals surface area contributed by atoms with Crippen molar-refractivity contribution in [1.82, 2.24) is 9.80 Å². The van der Waals surface area contributed by atoms with Gasteiger partial charge in [0, 0.05) is 51.0 Å². The number of carbonyl (C=O) groups is 1. The smallest absolute Gasteiger partial charge is 0.320 e. The minimum Gasteiger partial charge on any atom is -0.486 e. The number of urea groups is 1. The molecule has 4 rings (SSSR count). The molecule has 1 aromatic rings. The molecule has 0 atom stereocenters. The summed E-state index contributed by atoms with van der Waals surface area (Å²) < 4.78 is 16.5. The summed E-state index contributed by atoms with van der Waals surface area (Å²) >= 11 is 0. The Morgan fingerprint density at radius 2 is 1.46 bits per heavy atom. The van der Waals surface area contributed by atoms with E-state index in [4.69, 9.17) is 14.2 Å². The van der Waals surface area contributed by atoms with Crippen LogP contribution in [0.3, 0.4) is 0 Å². The summed E-state index contributed by atoms with van der Waals surface area (Å²) in [5, 5.41) is 0. The van der Waals surface area contributed by atoms with E-state index in [1.165, 1.54) is 0 Å². The van der Waals surface area contributed by atoms with Gasteiger partial charge in [-0.3, -0.25) is 0 Å². The fourth-order valence-corrected chi connectivity index (χ4v) is 3.34. The lowest BCUT2D eigenvalue weighted by molar-refractivity contribution is 0.0428. The molecule has 0 bridgehead atoms. The Hall–Kier alpha value is -2.15. The Bertz CT molecular complexity index is 595. The molecule has 7 nitrogen and oxygen atoms in total. The van der Waals surface area contributed by atoms with Gasteiger partial charge in [-0.05, 0) is 12.1 Å². The highest BCUT2D eigenvalue weighted by molar-refractivity contribution is 5.75. The first-order valence-electron chi connectivity index (χ1n) is 8.57. The summed E-state index contributed by atoms with van der Waals surface area (Å²) in [6, 6.07) is 6.20. The quantitative estimate of drug-likeness (QED) is 0.768. The zero-order chi connectivity index (χ0) is 16.4. The average molecular weight is 333 g/mol. The monoisotopic (exact) mass is 333 g/mol. The lowest BCUT2D eigenvalue weighted by Gasteiger charge is -2.39. The largest absolute Gasteiger partial charge is 0.486 e. The number of fused-ring (bicyclic) bond motifs is 1. The van der Waals surface area contributed by atoms with Gasteiger partial charge in [-0.25, -0.2) is 4.79 Å². The molecule has 0 aliphatic carbocycles. The topological polar surface area (TPSA) is 54.5 Å². The van der Waals surface area contributed by atoms with Crippen LogP contribution < -0.4 is 14.4 Å². The van der Waals surface area contributed by atoms with Crippen LogP contribution in [0.2, 0.25) is 0 Å². The number of benzene rings is 1. The average Bonchev–Trinajstić information content (AvgIpc) is 2.68. The molecule has 0 spiro atoms. The number of nitrogens with zero attached hydrogens (tertiary/aromatic N) is 3. The number of morpholine rings is 1. The number of rotatable bonds is 1. The first-order chi connectivity index (χ1) is 11.8. The maximum atomic E-state index is 12.5. The fraction of sp³-hybridized carbons (Fsp3) is 0.588. The lowest BCUT2D eigenvalue weighted by atomic mass is 10.2. The molecule has 0 unspecified atom stereocenters. The Morgan fingerprint density at radius 3 is 2.21 bits per heavy atom. The van der Waals surface area contributed by atoms with Gasteiger partial charge in [-0.15, -0.1) is 0 Å². The van der Waals surface area contributed by atoms with Gasteiger partial charge in [0.15, 0.2) is 11.5 Å². The molecule has 0 radical (unpaired) electrons. The number of hydrogen-bond acceptors (Lipinski definition) is 5. The highest BCUT2D eigenvalue weighted by atomic mass is 16.6. The van der Waals surface area contributed by atoms with Crippen molar-refractivity contribution in [2.45, 2.75) is 0 Å². The molecule has 2 saturated heterocycles. The Morgan fingerprint density at radius 1 is 0.792 bits per heavy atom. The molecule has 2 amide bonds. The standard InChI is InChI=1S/C17H23N3O4/c21-17(20-7-9-22-10-8-20)19-5-3-18(4-6-19)14-1-2-15-16(13-14)24-12-11-23-15/h1-2,13H,3-12H2. The predicted octanol–water partition coefficient (Wildman–Crippen LogP) is 1.03. The van der Waals surface area contributed by atoms with Gasteiger partial charge >= 0.3 is 6.03 Å². The van der Waals surface area contributed by atoms with Gasteiger partial charge in [0.25, 0.3) is 0 Å². The van der Waals surface area contributed by atoms with Gasteiger partial charge in [0.05, 0.1) is 13.2 Å². The highest BCUT2D eigenvalue weighted by Crippen LogP contribution is 2.34. The van der Waals surface area contributed by atoms with E-state index in [1.807, 2.05) is 21.9 Å². The normalized spacial score (nSPS) is 20.9. The lowest BCUT2D eigenvalue weighted by Crippen LogP contribution is -2.54. The molecule has 0 N–H and O–H groups in total. The van der Waals surface area contributed by atoms with E-state index >= 15 is 0 Å². The van der Waals surface area contributed by atoms with Gasteiger partial charge < -0.3 is 28.9 Å². The van der Waals surface area contributed by atoms with Crippen LogP contribution in [0.1, 0.15) is 0 Å². The van der Waals surface area contributed by atoms with Crippen LogP contribution in [0.15, 0.2) is 18.2 Å². The van der Waals surface area contributed by atoms with E-state index in [0.717, 1.165) is 43.4 Å². The van der Waals surface area contributed by atoms with E-state index < -0.39 is 0 Å². The van der Waals surface area contributed by atoms with Crippen molar-refractivity contribution in [3.8, 4) is 11.5 Å². The van der Waals surface area contributed by atoms with E-state index in [1.54, 1.807) is 0 Å². The summed E-state index contributed by atoms with van der Waals surface area (Å²) in [7, 11) is 0. The van der Waals surface area contributed by atoms with Crippen molar-refractivity contribution in [3.05, 3.63) is 18.2 Å². The first kappa shape index (κ1) is 15.4. The zero-order valence-corrected chi connectivity index (χ0v) is 13.8. The third-order valence-corrected chi connectivity index (χ3v) is 4.72. The molecule has 3 aliphatic heterocycles. The summed E-state index contributed by atoms with van der Waals surface area (Å²) in [5.74, 6) is 1.62. The van der Waals surface area contributed by atoms with E-state index in [-0.39, 0.29) is 6.03 Å².